The Balaban J connectivity index is 1.63. The van der Waals surface area contributed by atoms with Gasteiger partial charge < -0.3 is 16.0 Å². The minimum Gasteiger partial charge on any atom is -0.356 e. The van der Waals surface area contributed by atoms with Crippen LogP contribution in [0, 0.1) is 0 Å². The molecule has 2 atom stereocenters. The molecule has 2 heterocycles. The first-order valence-corrected chi connectivity index (χ1v) is 11.0. The van der Waals surface area contributed by atoms with Crippen molar-refractivity contribution in [2.24, 2.45) is 5.73 Å². The van der Waals surface area contributed by atoms with Crippen LogP contribution in [-0.4, -0.2) is 35.1 Å². The molecule has 3 N–H and O–H groups in total. The first kappa shape index (κ1) is 18.0. The van der Waals surface area contributed by atoms with Crippen LogP contribution >= 0.6 is 0 Å². The number of nitrogens with one attached hydrogen (secondary N) is 1. The van der Waals surface area contributed by atoms with Crippen LogP contribution in [0.15, 0.2) is 0 Å². The molecule has 1 aromatic rings. The molecule has 144 valence electrons. The average Bonchev–Trinajstić information content (AvgIpc) is 3.06. The number of aryl methyl sites for hydroxylation is 1. The fraction of sp³-hybridized carbons (Fsp3) is 0.810. The fourth-order valence-electron chi connectivity index (χ4n) is 4.86. The topological polar surface area (TPSA) is 67.1 Å². The smallest absolute Gasteiger partial charge is 0.225 e. The number of hydrogen-bond donors (Lipinski definition) is 2. The number of rotatable bonds is 3. The molecule has 1 saturated heterocycles. The Hall–Kier alpha value is -1.36. The molecule has 2 fully saturated rings. The summed E-state index contributed by atoms with van der Waals surface area (Å²) in [5, 5.41) is 3.62. The van der Waals surface area contributed by atoms with Gasteiger partial charge in [0.15, 0.2) is 0 Å². The van der Waals surface area contributed by atoms with Crippen molar-refractivity contribution in [3.8, 4) is 0 Å². The van der Waals surface area contributed by atoms with Gasteiger partial charge in [-0.15, -0.1) is 0 Å². The Morgan fingerprint density at radius 3 is 2.35 bits per heavy atom. The predicted octanol–water partition coefficient (Wildman–Crippen LogP) is 3.81. The Morgan fingerprint density at radius 1 is 0.808 bits per heavy atom. The highest BCUT2D eigenvalue weighted by Crippen LogP contribution is 2.31. The third kappa shape index (κ3) is 4.13. The fourth-order valence-corrected chi connectivity index (χ4v) is 4.86. The molecule has 0 amide bonds. The molecule has 0 aromatic carbocycles. The molecular formula is C21H35N5. The molecule has 26 heavy (non-hydrogen) atoms. The second-order valence-corrected chi connectivity index (χ2v) is 8.46. The number of hydrogen-bond acceptors (Lipinski definition) is 5. The Labute approximate surface area is 158 Å². The van der Waals surface area contributed by atoms with Crippen molar-refractivity contribution < 1.29 is 0 Å². The number of anilines is 2. The van der Waals surface area contributed by atoms with Gasteiger partial charge in [-0.25, -0.2) is 4.98 Å². The van der Waals surface area contributed by atoms with Gasteiger partial charge in [0.25, 0.3) is 0 Å². The molecule has 5 heteroatoms. The zero-order valence-corrected chi connectivity index (χ0v) is 16.2. The molecule has 3 aliphatic rings. The lowest BCUT2D eigenvalue weighted by Crippen LogP contribution is -2.43. The Morgan fingerprint density at radius 2 is 1.54 bits per heavy atom. The van der Waals surface area contributed by atoms with Gasteiger partial charge in [0.2, 0.25) is 5.95 Å². The monoisotopic (exact) mass is 357 g/mol. The molecule has 1 aliphatic heterocycles. The second-order valence-electron chi connectivity index (χ2n) is 8.46. The van der Waals surface area contributed by atoms with Crippen molar-refractivity contribution in [3.05, 3.63) is 11.3 Å². The maximum atomic E-state index is 6.36. The summed E-state index contributed by atoms with van der Waals surface area (Å²) in [6.45, 7) is 2.29. The molecular weight excluding hydrogens is 322 g/mol. The van der Waals surface area contributed by atoms with Crippen molar-refractivity contribution in [1.29, 1.82) is 0 Å². The molecule has 0 bridgehead atoms. The first-order chi connectivity index (χ1) is 12.8. The van der Waals surface area contributed by atoms with E-state index in [1.54, 1.807) is 0 Å². The predicted molar refractivity (Wildman–Crippen MR) is 108 cm³/mol. The molecule has 5 nitrogen and oxygen atoms in total. The molecule has 4 rings (SSSR count). The van der Waals surface area contributed by atoms with E-state index in [0.717, 1.165) is 44.7 Å². The van der Waals surface area contributed by atoms with E-state index < -0.39 is 0 Å². The summed E-state index contributed by atoms with van der Waals surface area (Å²) in [6, 6.07) is 0.553. The largest absolute Gasteiger partial charge is 0.356 e. The number of nitrogens with zero attached hydrogens (tertiary/aromatic N) is 3. The molecule has 2 aliphatic carbocycles. The van der Waals surface area contributed by atoms with E-state index in [1.807, 2.05) is 0 Å². The molecule has 1 saturated carbocycles. The van der Waals surface area contributed by atoms with Gasteiger partial charge in [0.1, 0.15) is 5.82 Å². The van der Waals surface area contributed by atoms with Crippen LogP contribution in [0.4, 0.5) is 11.8 Å². The maximum absolute atomic E-state index is 6.36. The SMILES string of the molecule is NC1CCCCC1Nc1nc2c(c(N3CCCCCC3)n1)CCCCC2. The van der Waals surface area contributed by atoms with Crippen LogP contribution in [0.1, 0.15) is 81.9 Å². The lowest BCUT2D eigenvalue weighted by Gasteiger charge is -2.30. The van der Waals surface area contributed by atoms with Gasteiger partial charge in [-0.2, -0.15) is 4.98 Å². The molecule has 2 unspecified atom stereocenters. The van der Waals surface area contributed by atoms with E-state index in [-0.39, 0.29) is 6.04 Å². The lowest BCUT2D eigenvalue weighted by atomic mass is 9.91. The average molecular weight is 358 g/mol. The number of aromatic nitrogens is 2. The standard InChI is InChI=1S/C21H35N5/c22-17-11-6-7-13-19(17)24-21-23-18-12-5-3-4-10-16(18)20(25-21)26-14-8-1-2-9-15-26/h17,19H,1-15,22H2,(H,23,24,25). The number of fused-ring (bicyclic) bond motifs is 1. The van der Waals surface area contributed by atoms with Crippen molar-refractivity contribution in [3.63, 3.8) is 0 Å². The summed E-state index contributed by atoms with van der Waals surface area (Å²) in [5.41, 5.74) is 9.09. The second kappa shape index (κ2) is 8.55. The highest BCUT2D eigenvalue weighted by atomic mass is 15.2. The maximum Gasteiger partial charge on any atom is 0.225 e. The number of nitrogens with two attached hydrogens (primary N) is 1. The highest BCUT2D eigenvalue weighted by molar-refractivity contribution is 5.53. The van der Waals surface area contributed by atoms with Gasteiger partial charge in [0, 0.05) is 30.7 Å². The zero-order chi connectivity index (χ0) is 17.8. The van der Waals surface area contributed by atoms with Crippen LogP contribution in [0.2, 0.25) is 0 Å². The van der Waals surface area contributed by atoms with Crippen LogP contribution in [-0.2, 0) is 12.8 Å². The van der Waals surface area contributed by atoms with Gasteiger partial charge in [-0.3, -0.25) is 0 Å². The lowest BCUT2D eigenvalue weighted by molar-refractivity contribution is 0.402. The van der Waals surface area contributed by atoms with E-state index in [4.69, 9.17) is 15.7 Å². The van der Waals surface area contributed by atoms with Crippen LogP contribution < -0.4 is 16.0 Å². The normalized spacial score (nSPS) is 27.3. The summed E-state index contributed by atoms with van der Waals surface area (Å²) >= 11 is 0. The summed E-state index contributed by atoms with van der Waals surface area (Å²) in [6.07, 6.45) is 16.1. The summed E-state index contributed by atoms with van der Waals surface area (Å²) in [4.78, 5) is 12.6. The third-order valence-electron chi connectivity index (χ3n) is 6.45. The Bertz CT molecular complexity index is 594. The molecule has 0 spiro atoms. The zero-order valence-electron chi connectivity index (χ0n) is 16.2. The molecule has 1 aromatic heterocycles. The van der Waals surface area contributed by atoms with Crippen molar-refractivity contribution in [1.82, 2.24) is 9.97 Å². The van der Waals surface area contributed by atoms with E-state index >= 15 is 0 Å². The van der Waals surface area contributed by atoms with E-state index in [1.165, 1.54) is 74.9 Å². The van der Waals surface area contributed by atoms with Gasteiger partial charge >= 0.3 is 0 Å². The van der Waals surface area contributed by atoms with Crippen LogP contribution in [0.25, 0.3) is 0 Å². The van der Waals surface area contributed by atoms with Gasteiger partial charge in [0.05, 0.1) is 5.69 Å². The Kier molecular flexibility index (Phi) is 5.93. The summed E-state index contributed by atoms with van der Waals surface area (Å²) in [7, 11) is 0. The quantitative estimate of drug-likeness (QED) is 0.805. The van der Waals surface area contributed by atoms with Crippen molar-refractivity contribution >= 4 is 11.8 Å². The van der Waals surface area contributed by atoms with Gasteiger partial charge in [-0.1, -0.05) is 32.1 Å². The molecule has 0 radical (unpaired) electrons. The summed E-state index contributed by atoms with van der Waals surface area (Å²) in [5.74, 6) is 2.05. The first-order valence-electron chi connectivity index (χ1n) is 11.0. The van der Waals surface area contributed by atoms with Crippen LogP contribution in [0.3, 0.4) is 0 Å². The highest BCUT2D eigenvalue weighted by Gasteiger charge is 2.25. The van der Waals surface area contributed by atoms with E-state index in [2.05, 4.69) is 10.2 Å². The minimum atomic E-state index is 0.229. The third-order valence-corrected chi connectivity index (χ3v) is 6.45. The summed E-state index contributed by atoms with van der Waals surface area (Å²) < 4.78 is 0. The minimum absolute atomic E-state index is 0.229. The van der Waals surface area contributed by atoms with E-state index in [0.29, 0.717) is 6.04 Å². The van der Waals surface area contributed by atoms with E-state index in [9.17, 15) is 0 Å². The van der Waals surface area contributed by atoms with Crippen LogP contribution in [0.5, 0.6) is 0 Å². The van der Waals surface area contributed by atoms with Gasteiger partial charge in [-0.05, 0) is 51.4 Å². The van der Waals surface area contributed by atoms with Crippen molar-refractivity contribution in [2.45, 2.75) is 95.6 Å². The van der Waals surface area contributed by atoms with Crippen molar-refractivity contribution in [2.75, 3.05) is 23.3 Å².